The minimum atomic E-state index is 0.421. The second kappa shape index (κ2) is 7.18. The molecule has 20 heavy (non-hydrogen) atoms. The topological polar surface area (TPSA) is 51.0 Å². The quantitative estimate of drug-likeness (QED) is 0.922. The first-order valence-corrected chi connectivity index (χ1v) is 9.73. The van der Waals surface area contributed by atoms with Crippen molar-refractivity contribution >= 4 is 23.5 Å². The van der Waals surface area contributed by atoms with Crippen molar-refractivity contribution in [2.24, 2.45) is 5.92 Å². The first-order valence-electron chi connectivity index (χ1n) is 7.63. The number of rotatable bonds is 4. The molecule has 0 spiro atoms. The molecule has 1 N–H and O–H groups in total. The van der Waals surface area contributed by atoms with E-state index in [1.807, 2.05) is 11.8 Å². The van der Waals surface area contributed by atoms with Crippen LogP contribution in [0.15, 0.2) is 4.52 Å². The van der Waals surface area contributed by atoms with Gasteiger partial charge >= 0.3 is 0 Å². The van der Waals surface area contributed by atoms with Gasteiger partial charge in [0, 0.05) is 23.2 Å². The SMILES string of the molecule is CCC1SCCSC1c1noc(CC2CCNCC2)n1. The largest absolute Gasteiger partial charge is 0.339 e. The summed E-state index contributed by atoms with van der Waals surface area (Å²) in [5.41, 5.74) is 0. The van der Waals surface area contributed by atoms with E-state index in [0.717, 1.165) is 31.2 Å². The first kappa shape index (κ1) is 14.7. The van der Waals surface area contributed by atoms with E-state index in [0.29, 0.717) is 16.4 Å². The molecule has 1 aromatic rings. The minimum Gasteiger partial charge on any atom is -0.339 e. The fourth-order valence-electron chi connectivity index (χ4n) is 2.94. The van der Waals surface area contributed by atoms with E-state index < -0.39 is 0 Å². The summed E-state index contributed by atoms with van der Waals surface area (Å²) < 4.78 is 5.51. The van der Waals surface area contributed by atoms with Crippen molar-refractivity contribution < 1.29 is 4.52 Å². The molecule has 112 valence electrons. The maximum atomic E-state index is 5.51. The Morgan fingerprint density at radius 3 is 2.85 bits per heavy atom. The number of aromatic nitrogens is 2. The van der Waals surface area contributed by atoms with Crippen LogP contribution in [-0.4, -0.2) is 40.0 Å². The molecule has 0 aliphatic carbocycles. The summed E-state index contributed by atoms with van der Waals surface area (Å²) in [4.78, 5) is 4.69. The van der Waals surface area contributed by atoms with E-state index in [2.05, 4.69) is 29.2 Å². The van der Waals surface area contributed by atoms with Crippen LogP contribution in [0.4, 0.5) is 0 Å². The molecule has 4 nitrogen and oxygen atoms in total. The molecule has 0 aromatic carbocycles. The average molecular weight is 313 g/mol. The third-order valence-electron chi connectivity index (χ3n) is 4.11. The van der Waals surface area contributed by atoms with Crippen molar-refractivity contribution in [3.8, 4) is 0 Å². The molecule has 0 amide bonds. The number of piperidine rings is 1. The zero-order chi connectivity index (χ0) is 13.8. The van der Waals surface area contributed by atoms with Crippen LogP contribution >= 0.6 is 23.5 Å². The average Bonchev–Trinajstić information content (AvgIpc) is 2.96. The van der Waals surface area contributed by atoms with Gasteiger partial charge in [0.15, 0.2) is 5.82 Å². The predicted octanol–water partition coefficient (Wildman–Crippen LogP) is 2.91. The highest BCUT2D eigenvalue weighted by atomic mass is 32.2. The van der Waals surface area contributed by atoms with Crippen LogP contribution in [0.1, 0.15) is 43.2 Å². The molecular weight excluding hydrogens is 290 g/mol. The van der Waals surface area contributed by atoms with Crippen LogP contribution in [0.2, 0.25) is 0 Å². The van der Waals surface area contributed by atoms with Gasteiger partial charge in [-0.05, 0) is 38.3 Å². The summed E-state index contributed by atoms with van der Waals surface area (Å²) in [5.74, 6) is 4.93. The van der Waals surface area contributed by atoms with Crippen molar-refractivity contribution in [1.82, 2.24) is 15.5 Å². The predicted molar refractivity (Wildman–Crippen MR) is 85.3 cm³/mol. The summed E-state index contributed by atoms with van der Waals surface area (Å²) in [7, 11) is 0. The highest BCUT2D eigenvalue weighted by Gasteiger charge is 2.30. The van der Waals surface area contributed by atoms with Gasteiger partial charge in [-0.1, -0.05) is 12.1 Å². The molecule has 0 saturated carbocycles. The van der Waals surface area contributed by atoms with E-state index >= 15 is 0 Å². The molecule has 1 aromatic heterocycles. The van der Waals surface area contributed by atoms with Crippen LogP contribution in [-0.2, 0) is 6.42 Å². The first-order chi connectivity index (χ1) is 9.86. The smallest absolute Gasteiger partial charge is 0.226 e. The van der Waals surface area contributed by atoms with Gasteiger partial charge in [0.05, 0.1) is 5.25 Å². The third kappa shape index (κ3) is 3.52. The number of thioether (sulfide) groups is 2. The van der Waals surface area contributed by atoms with Gasteiger partial charge in [0.25, 0.3) is 0 Å². The Labute approximate surface area is 129 Å². The number of hydrogen-bond acceptors (Lipinski definition) is 6. The highest BCUT2D eigenvalue weighted by Crippen LogP contribution is 2.42. The Kier molecular flexibility index (Phi) is 5.29. The van der Waals surface area contributed by atoms with Crippen LogP contribution in [0.3, 0.4) is 0 Å². The van der Waals surface area contributed by atoms with E-state index in [1.165, 1.54) is 30.8 Å². The molecule has 2 aliphatic rings. The van der Waals surface area contributed by atoms with Gasteiger partial charge < -0.3 is 9.84 Å². The standard InChI is InChI=1S/C14H23N3OS2/c1-2-11-13(20-8-7-19-11)14-16-12(18-17-14)9-10-3-5-15-6-4-10/h10-11,13,15H,2-9H2,1H3. The Morgan fingerprint density at radius 1 is 1.25 bits per heavy atom. The summed E-state index contributed by atoms with van der Waals surface area (Å²) in [6.07, 6.45) is 4.59. The van der Waals surface area contributed by atoms with Crippen molar-refractivity contribution in [2.45, 2.75) is 43.1 Å². The van der Waals surface area contributed by atoms with Crippen LogP contribution in [0, 0.1) is 5.92 Å². The molecule has 2 saturated heterocycles. The lowest BCUT2D eigenvalue weighted by molar-refractivity contribution is 0.312. The molecule has 2 fully saturated rings. The van der Waals surface area contributed by atoms with Crippen LogP contribution in [0.25, 0.3) is 0 Å². The van der Waals surface area contributed by atoms with Gasteiger partial charge in [-0.3, -0.25) is 0 Å². The molecule has 3 heterocycles. The minimum absolute atomic E-state index is 0.421. The molecule has 2 atom stereocenters. The van der Waals surface area contributed by atoms with Crippen LogP contribution in [0.5, 0.6) is 0 Å². The maximum absolute atomic E-state index is 5.51. The monoisotopic (exact) mass is 313 g/mol. The van der Waals surface area contributed by atoms with Crippen LogP contribution < -0.4 is 5.32 Å². The summed E-state index contributed by atoms with van der Waals surface area (Å²) in [6, 6.07) is 0. The van der Waals surface area contributed by atoms with E-state index in [4.69, 9.17) is 9.51 Å². The van der Waals surface area contributed by atoms with Gasteiger partial charge in [-0.2, -0.15) is 16.7 Å². The summed E-state index contributed by atoms with van der Waals surface area (Å²) >= 11 is 4.05. The van der Waals surface area contributed by atoms with E-state index in [9.17, 15) is 0 Å². The summed E-state index contributed by atoms with van der Waals surface area (Å²) in [6.45, 7) is 4.50. The summed E-state index contributed by atoms with van der Waals surface area (Å²) in [5, 5.41) is 8.72. The van der Waals surface area contributed by atoms with Gasteiger partial charge in [0.1, 0.15) is 0 Å². The fraction of sp³-hybridized carbons (Fsp3) is 0.857. The Hall–Kier alpha value is -0.200. The van der Waals surface area contributed by atoms with E-state index in [-0.39, 0.29) is 0 Å². The lowest BCUT2D eigenvalue weighted by Gasteiger charge is -2.27. The molecular formula is C14H23N3OS2. The number of hydrogen-bond donors (Lipinski definition) is 1. The second-order valence-electron chi connectivity index (χ2n) is 5.55. The number of nitrogens with zero attached hydrogens (tertiary/aromatic N) is 2. The molecule has 6 heteroatoms. The molecule has 2 aliphatic heterocycles. The molecule has 3 rings (SSSR count). The fourth-order valence-corrected chi connectivity index (χ4v) is 5.92. The van der Waals surface area contributed by atoms with Crippen molar-refractivity contribution in [2.75, 3.05) is 24.6 Å². The normalized spacial score (nSPS) is 28.6. The zero-order valence-electron chi connectivity index (χ0n) is 12.0. The van der Waals surface area contributed by atoms with Gasteiger partial charge in [-0.15, -0.1) is 11.8 Å². The zero-order valence-corrected chi connectivity index (χ0v) is 13.6. The second-order valence-corrected chi connectivity index (χ2v) is 8.15. The van der Waals surface area contributed by atoms with Crippen molar-refractivity contribution in [3.63, 3.8) is 0 Å². The Balaban J connectivity index is 1.63. The highest BCUT2D eigenvalue weighted by molar-refractivity contribution is 8.06. The van der Waals surface area contributed by atoms with E-state index in [1.54, 1.807) is 0 Å². The Bertz CT molecular complexity index is 420. The molecule has 2 unspecified atom stereocenters. The maximum Gasteiger partial charge on any atom is 0.226 e. The van der Waals surface area contributed by atoms with Gasteiger partial charge in [-0.25, -0.2) is 0 Å². The van der Waals surface area contributed by atoms with Gasteiger partial charge in [0.2, 0.25) is 5.89 Å². The number of nitrogens with one attached hydrogen (secondary N) is 1. The van der Waals surface area contributed by atoms with Crippen molar-refractivity contribution in [1.29, 1.82) is 0 Å². The molecule has 0 radical (unpaired) electrons. The lowest BCUT2D eigenvalue weighted by Crippen LogP contribution is -2.28. The lowest BCUT2D eigenvalue weighted by atomic mass is 9.95. The van der Waals surface area contributed by atoms with Crippen molar-refractivity contribution in [3.05, 3.63) is 11.7 Å². The Morgan fingerprint density at radius 2 is 2.05 bits per heavy atom. The third-order valence-corrected chi connectivity index (χ3v) is 7.36. The molecule has 0 bridgehead atoms.